The molecule has 1 heterocycles. The van der Waals surface area contributed by atoms with E-state index >= 15 is 0 Å². The molecule has 94 valence electrons. The van der Waals surface area contributed by atoms with Crippen molar-refractivity contribution in [3.8, 4) is 6.07 Å². The summed E-state index contributed by atoms with van der Waals surface area (Å²) in [6.07, 6.45) is 4.46. The molecule has 0 radical (unpaired) electrons. The van der Waals surface area contributed by atoms with Crippen molar-refractivity contribution in [3.63, 3.8) is 0 Å². The topological polar surface area (TPSA) is 44.1 Å². The van der Waals surface area contributed by atoms with Crippen LogP contribution < -0.4 is 4.90 Å². The predicted molar refractivity (Wildman–Crippen MR) is 71.8 cm³/mol. The van der Waals surface area contributed by atoms with Crippen LogP contribution in [-0.2, 0) is 0 Å². The second-order valence-corrected chi connectivity index (χ2v) is 4.90. The van der Waals surface area contributed by atoms with Crippen molar-refractivity contribution in [1.82, 2.24) is 0 Å². The smallest absolute Gasteiger partial charge is 0.150 e. The molecule has 0 N–H and O–H groups in total. The molecule has 1 aromatic rings. The summed E-state index contributed by atoms with van der Waals surface area (Å²) < 4.78 is 0. The maximum Gasteiger partial charge on any atom is 0.150 e. The number of carbonyl (C=O) groups excluding carboxylic acids is 1. The Morgan fingerprint density at radius 2 is 2.39 bits per heavy atom. The SMILES string of the molecule is CCCC1CCN(c2ccc(C=O)cc2C#N)C1. The van der Waals surface area contributed by atoms with Crippen molar-refractivity contribution in [2.45, 2.75) is 26.2 Å². The quantitative estimate of drug-likeness (QED) is 0.762. The Labute approximate surface area is 108 Å². The molecule has 1 aromatic carbocycles. The first kappa shape index (κ1) is 12.6. The van der Waals surface area contributed by atoms with Gasteiger partial charge in [0.1, 0.15) is 12.4 Å². The summed E-state index contributed by atoms with van der Waals surface area (Å²) in [5.74, 6) is 0.743. The zero-order chi connectivity index (χ0) is 13.0. The molecule has 0 saturated carbocycles. The van der Waals surface area contributed by atoms with Gasteiger partial charge in [0.25, 0.3) is 0 Å². The Bertz CT molecular complexity index is 476. The maximum absolute atomic E-state index is 10.7. The van der Waals surface area contributed by atoms with E-state index in [4.69, 9.17) is 0 Å². The highest BCUT2D eigenvalue weighted by molar-refractivity contribution is 5.78. The van der Waals surface area contributed by atoms with Crippen LogP contribution in [0.2, 0.25) is 0 Å². The van der Waals surface area contributed by atoms with Gasteiger partial charge < -0.3 is 4.90 Å². The molecule has 3 nitrogen and oxygen atoms in total. The molecule has 0 amide bonds. The molecule has 0 aliphatic carbocycles. The predicted octanol–water partition coefficient (Wildman–Crippen LogP) is 3.00. The molecular weight excluding hydrogens is 224 g/mol. The highest BCUT2D eigenvalue weighted by atomic mass is 16.1. The molecule has 1 saturated heterocycles. The Hall–Kier alpha value is -1.82. The van der Waals surface area contributed by atoms with E-state index in [-0.39, 0.29) is 0 Å². The second-order valence-electron chi connectivity index (χ2n) is 4.90. The third-order valence-corrected chi connectivity index (χ3v) is 3.60. The molecule has 0 aromatic heterocycles. The molecule has 1 aliphatic heterocycles. The molecule has 1 atom stereocenters. The van der Waals surface area contributed by atoms with Gasteiger partial charge in [-0.1, -0.05) is 13.3 Å². The van der Waals surface area contributed by atoms with Gasteiger partial charge in [0.15, 0.2) is 0 Å². The van der Waals surface area contributed by atoms with Gasteiger partial charge in [0.2, 0.25) is 0 Å². The Morgan fingerprint density at radius 1 is 1.56 bits per heavy atom. The lowest BCUT2D eigenvalue weighted by Gasteiger charge is -2.20. The van der Waals surface area contributed by atoms with Crippen molar-refractivity contribution in [2.24, 2.45) is 5.92 Å². The zero-order valence-electron chi connectivity index (χ0n) is 10.7. The number of anilines is 1. The number of nitriles is 1. The average molecular weight is 242 g/mol. The number of carbonyl (C=O) groups is 1. The molecule has 0 bridgehead atoms. The normalized spacial score (nSPS) is 18.7. The van der Waals surface area contributed by atoms with Crippen molar-refractivity contribution in [1.29, 1.82) is 5.26 Å². The first-order valence-electron chi connectivity index (χ1n) is 6.52. The minimum absolute atomic E-state index is 0.569. The third kappa shape index (κ3) is 2.53. The van der Waals surface area contributed by atoms with E-state index < -0.39 is 0 Å². The highest BCUT2D eigenvalue weighted by Crippen LogP contribution is 2.29. The number of hydrogen-bond donors (Lipinski definition) is 0. The molecule has 0 spiro atoms. The van der Waals surface area contributed by atoms with E-state index in [2.05, 4.69) is 17.9 Å². The Kier molecular flexibility index (Phi) is 3.99. The van der Waals surface area contributed by atoms with Crippen LogP contribution >= 0.6 is 0 Å². The van der Waals surface area contributed by atoms with Gasteiger partial charge in [-0.15, -0.1) is 0 Å². The van der Waals surface area contributed by atoms with Crippen molar-refractivity contribution < 1.29 is 4.79 Å². The fraction of sp³-hybridized carbons (Fsp3) is 0.467. The minimum atomic E-state index is 0.569. The van der Waals surface area contributed by atoms with Gasteiger partial charge in [-0.2, -0.15) is 5.26 Å². The third-order valence-electron chi connectivity index (χ3n) is 3.60. The van der Waals surface area contributed by atoms with Crippen molar-refractivity contribution >= 4 is 12.0 Å². The highest BCUT2D eigenvalue weighted by Gasteiger charge is 2.23. The maximum atomic E-state index is 10.7. The number of aldehydes is 1. The summed E-state index contributed by atoms with van der Waals surface area (Å²) in [6, 6.07) is 7.56. The lowest BCUT2D eigenvalue weighted by molar-refractivity contribution is 0.112. The van der Waals surface area contributed by atoms with Crippen LogP contribution in [0.3, 0.4) is 0 Å². The summed E-state index contributed by atoms with van der Waals surface area (Å²) in [5, 5.41) is 9.18. The van der Waals surface area contributed by atoms with Crippen LogP contribution in [0.25, 0.3) is 0 Å². The van der Waals surface area contributed by atoms with E-state index in [0.717, 1.165) is 31.0 Å². The Morgan fingerprint density at radius 3 is 3.06 bits per heavy atom. The summed E-state index contributed by atoms with van der Waals surface area (Å²) in [5.41, 5.74) is 2.15. The van der Waals surface area contributed by atoms with Crippen LogP contribution in [0, 0.1) is 17.2 Å². The fourth-order valence-electron chi connectivity index (χ4n) is 2.69. The number of nitrogens with zero attached hydrogens (tertiary/aromatic N) is 2. The van der Waals surface area contributed by atoms with Crippen LogP contribution in [0.4, 0.5) is 5.69 Å². The number of benzene rings is 1. The van der Waals surface area contributed by atoms with E-state index in [0.29, 0.717) is 11.1 Å². The molecule has 1 aliphatic rings. The average Bonchev–Trinajstić information content (AvgIpc) is 2.87. The van der Waals surface area contributed by atoms with Gasteiger partial charge in [0.05, 0.1) is 11.3 Å². The first-order chi connectivity index (χ1) is 8.78. The Balaban J connectivity index is 2.19. The van der Waals surface area contributed by atoms with Crippen LogP contribution in [-0.4, -0.2) is 19.4 Å². The standard InChI is InChI=1S/C15H18N2O/c1-2-3-12-6-7-17(10-12)15-5-4-13(11-18)8-14(15)9-16/h4-5,8,11-12H,2-3,6-7,10H2,1H3. The van der Waals surface area contributed by atoms with E-state index in [1.807, 2.05) is 6.07 Å². The van der Waals surface area contributed by atoms with Gasteiger partial charge in [0, 0.05) is 18.7 Å². The van der Waals surface area contributed by atoms with Crippen LogP contribution in [0.1, 0.15) is 42.1 Å². The number of rotatable bonds is 4. The number of hydrogen-bond acceptors (Lipinski definition) is 3. The summed E-state index contributed by atoms with van der Waals surface area (Å²) in [6.45, 7) is 4.25. The molecule has 1 unspecified atom stereocenters. The van der Waals surface area contributed by atoms with Gasteiger partial charge in [-0.25, -0.2) is 0 Å². The minimum Gasteiger partial charge on any atom is -0.370 e. The first-order valence-corrected chi connectivity index (χ1v) is 6.52. The zero-order valence-corrected chi connectivity index (χ0v) is 10.7. The largest absolute Gasteiger partial charge is 0.370 e. The molecular formula is C15H18N2O. The fourth-order valence-corrected chi connectivity index (χ4v) is 2.69. The van der Waals surface area contributed by atoms with E-state index in [9.17, 15) is 10.1 Å². The monoisotopic (exact) mass is 242 g/mol. The molecule has 3 heteroatoms. The molecule has 18 heavy (non-hydrogen) atoms. The summed E-state index contributed by atoms with van der Waals surface area (Å²) in [4.78, 5) is 13.0. The van der Waals surface area contributed by atoms with E-state index in [1.54, 1.807) is 12.1 Å². The lowest BCUT2D eigenvalue weighted by Crippen LogP contribution is -2.20. The van der Waals surface area contributed by atoms with Crippen LogP contribution in [0.15, 0.2) is 18.2 Å². The van der Waals surface area contributed by atoms with Crippen LogP contribution in [0.5, 0.6) is 0 Å². The summed E-state index contributed by atoms with van der Waals surface area (Å²) >= 11 is 0. The van der Waals surface area contributed by atoms with Crippen molar-refractivity contribution in [2.75, 3.05) is 18.0 Å². The van der Waals surface area contributed by atoms with E-state index in [1.165, 1.54) is 19.3 Å². The lowest BCUT2D eigenvalue weighted by atomic mass is 10.0. The van der Waals surface area contributed by atoms with Gasteiger partial charge in [-0.3, -0.25) is 4.79 Å². The molecule has 1 fully saturated rings. The van der Waals surface area contributed by atoms with Gasteiger partial charge >= 0.3 is 0 Å². The summed E-state index contributed by atoms with van der Waals surface area (Å²) in [7, 11) is 0. The van der Waals surface area contributed by atoms with Crippen molar-refractivity contribution in [3.05, 3.63) is 29.3 Å². The second kappa shape index (κ2) is 5.68. The molecule has 2 rings (SSSR count). The van der Waals surface area contributed by atoms with Gasteiger partial charge in [-0.05, 0) is 37.0 Å².